The fourth-order valence-electron chi connectivity index (χ4n) is 2.71. The van der Waals surface area contributed by atoms with Gasteiger partial charge in [0.1, 0.15) is 5.75 Å². The third kappa shape index (κ3) is 2.94. The number of ketones is 1. The van der Waals surface area contributed by atoms with Gasteiger partial charge in [-0.1, -0.05) is 24.3 Å². The number of benzene rings is 2. The van der Waals surface area contributed by atoms with Gasteiger partial charge in [0.2, 0.25) is 0 Å². The zero-order valence-electron chi connectivity index (χ0n) is 13.0. The van der Waals surface area contributed by atoms with E-state index in [9.17, 15) is 4.79 Å². The second-order valence-corrected chi connectivity index (χ2v) is 5.30. The largest absolute Gasteiger partial charge is 0.496 e. The molecule has 0 spiro atoms. The van der Waals surface area contributed by atoms with Crippen LogP contribution in [0.25, 0.3) is 10.8 Å². The number of nitrogens with two attached hydrogens (primary N) is 1. The molecule has 0 amide bonds. The average Bonchev–Trinajstić information content (AvgIpc) is 2.61. The van der Waals surface area contributed by atoms with Crippen molar-refractivity contribution in [3.8, 4) is 5.75 Å². The Labute approximate surface area is 134 Å². The van der Waals surface area contributed by atoms with Crippen molar-refractivity contribution in [1.29, 1.82) is 0 Å². The van der Waals surface area contributed by atoms with Gasteiger partial charge in [-0.15, -0.1) is 0 Å². The van der Waals surface area contributed by atoms with E-state index in [1.165, 1.54) is 0 Å². The summed E-state index contributed by atoms with van der Waals surface area (Å²) in [4.78, 5) is 17.1. The van der Waals surface area contributed by atoms with Gasteiger partial charge in [-0.25, -0.2) is 0 Å². The SMILES string of the molecule is COc1cc(CCN)ccc1C(=O)c1cccc2cnccc12. The molecule has 1 aromatic heterocycles. The van der Waals surface area contributed by atoms with E-state index in [1.54, 1.807) is 19.5 Å². The lowest BCUT2D eigenvalue weighted by atomic mass is 9.96. The van der Waals surface area contributed by atoms with Gasteiger partial charge in [0.25, 0.3) is 0 Å². The highest BCUT2D eigenvalue weighted by Gasteiger charge is 2.17. The summed E-state index contributed by atoms with van der Waals surface area (Å²) < 4.78 is 5.41. The van der Waals surface area contributed by atoms with Gasteiger partial charge in [-0.05, 0) is 42.1 Å². The molecule has 0 fully saturated rings. The van der Waals surface area contributed by atoms with Crippen LogP contribution in [-0.4, -0.2) is 24.4 Å². The molecule has 0 aliphatic carbocycles. The molecular weight excluding hydrogens is 288 g/mol. The standard InChI is InChI=1S/C19H18N2O2/c1-23-18-11-13(7-9-20)5-6-17(18)19(22)16-4-2-3-14-12-21-10-8-15(14)16/h2-6,8,10-12H,7,9,20H2,1H3. The summed E-state index contributed by atoms with van der Waals surface area (Å²) in [5.74, 6) is 0.518. The van der Waals surface area contributed by atoms with Crippen molar-refractivity contribution in [1.82, 2.24) is 4.98 Å². The Hall–Kier alpha value is -2.72. The summed E-state index contributed by atoms with van der Waals surface area (Å²) in [5, 5.41) is 1.83. The maximum absolute atomic E-state index is 13.0. The predicted octanol–water partition coefficient (Wildman–Crippen LogP) is 2.98. The van der Waals surface area contributed by atoms with Gasteiger partial charge in [0.15, 0.2) is 5.78 Å². The topological polar surface area (TPSA) is 65.2 Å². The van der Waals surface area contributed by atoms with E-state index >= 15 is 0 Å². The molecule has 0 atom stereocenters. The molecule has 4 nitrogen and oxygen atoms in total. The third-order valence-corrected chi connectivity index (χ3v) is 3.87. The molecule has 0 bridgehead atoms. The monoisotopic (exact) mass is 306 g/mol. The minimum atomic E-state index is -0.0575. The average molecular weight is 306 g/mol. The second kappa shape index (κ2) is 6.58. The van der Waals surface area contributed by atoms with Crippen LogP contribution in [0.5, 0.6) is 5.75 Å². The highest BCUT2D eigenvalue weighted by Crippen LogP contribution is 2.26. The van der Waals surface area contributed by atoms with Crippen molar-refractivity contribution in [2.45, 2.75) is 6.42 Å². The first-order valence-electron chi connectivity index (χ1n) is 7.49. The second-order valence-electron chi connectivity index (χ2n) is 5.30. The lowest BCUT2D eigenvalue weighted by Crippen LogP contribution is -2.07. The highest BCUT2D eigenvalue weighted by atomic mass is 16.5. The van der Waals surface area contributed by atoms with Gasteiger partial charge < -0.3 is 10.5 Å². The van der Waals surface area contributed by atoms with E-state index in [1.807, 2.05) is 42.5 Å². The molecule has 2 aromatic carbocycles. The molecule has 0 saturated carbocycles. The maximum Gasteiger partial charge on any atom is 0.197 e. The molecule has 1 heterocycles. The zero-order valence-corrected chi connectivity index (χ0v) is 13.0. The van der Waals surface area contributed by atoms with Crippen LogP contribution in [0.3, 0.4) is 0 Å². The van der Waals surface area contributed by atoms with Crippen LogP contribution in [0.1, 0.15) is 21.5 Å². The minimum absolute atomic E-state index is 0.0575. The van der Waals surface area contributed by atoms with Crippen LogP contribution < -0.4 is 10.5 Å². The molecule has 3 aromatic rings. The molecule has 2 N–H and O–H groups in total. The third-order valence-electron chi connectivity index (χ3n) is 3.87. The number of rotatable bonds is 5. The predicted molar refractivity (Wildman–Crippen MR) is 90.9 cm³/mol. The van der Waals surface area contributed by atoms with Crippen LogP contribution in [0, 0.1) is 0 Å². The van der Waals surface area contributed by atoms with E-state index in [-0.39, 0.29) is 5.78 Å². The van der Waals surface area contributed by atoms with Crippen molar-refractivity contribution >= 4 is 16.6 Å². The molecule has 4 heteroatoms. The number of aromatic nitrogens is 1. The summed E-state index contributed by atoms with van der Waals surface area (Å²) in [6.45, 7) is 0.562. The smallest absolute Gasteiger partial charge is 0.197 e. The maximum atomic E-state index is 13.0. The Bertz CT molecular complexity index is 854. The minimum Gasteiger partial charge on any atom is -0.496 e. The van der Waals surface area contributed by atoms with Crippen LogP contribution in [0.15, 0.2) is 54.9 Å². The normalized spacial score (nSPS) is 10.7. The van der Waals surface area contributed by atoms with Crippen molar-refractivity contribution < 1.29 is 9.53 Å². The van der Waals surface area contributed by atoms with Gasteiger partial charge in [-0.3, -0.25) is 9.78 Å². The fourth-order valence-corrected chi connectivity index (χ4v) is 2.71. The molecule has 116 valence electrons. The quantitative estimate of drug-likeness (QED) is 0.736. The Morgan fingerprint density at radius 2 is 2.04 bits per heavy atom. The zero-order chi connectivity index (χ0) is 16.2. The van der Waals surface area contributed by atoms with Gasteiger partial charge in [-0.2, -0.15) is 0 Å². The number of pyridine rings is 1. The summed E-state index contributed by atoms with van der Waals surface area (Å²) in [6.07, 6.45) is 4.21. The lowest BCUT2D eigenvalue weighted by molar-refractivity contribution is 0.103. The number of hydrogen-bond acceptors (Lipinski definition) is 4. The van der Waals surface area contributed by atoms with E-state index < -0.39 is 0 Å². The molecule has 0 unspecified atom stereocenters. The summed E-state index contributed by atoms with van der Waals surface area (Å²) in [7, 11) is 1.57. The van der Waals surface area contributed by atoms with E-state index in [0.29, 0.717) is 23.4 Å². The molecule has 0 saturated heterocycles. The van der Waals surface area contributed by atoms with Gasteiger partial charge >= 0.3 is 0 Å². The first-order valence-corrected chi connectivity index (χ1v) is 7.49. The number of carbonyl (C=O) groups is 1. The molecule has 3 rings (SSSR count). The summed E-state index contributed by atoms with van der Waals surface area (Å²) >= 11 is 0. The first-order chi connectivity index (χ1) is 11.2. The fraction of sp³-hybridized carbons (Fsp3) is 0.158. The van der Waals surface area contributed by atoms with Crippen molar-refractivity contribution in [3.63, 3.8) is 0 Å². The molecule has 0 aliphatic rings. The van der Waals surface area contributed by atoms with E-state index in [2.05, 4.69) is 4.98 Å². The number of carbonyl (C=O) groups excluding carboxylic acids is 1. The van der Waals surface area contributed by atoms with E-state index in [4.69, 9.17) is 10.5 Å². The summed E-state index contributed by atoms with van der Waals surface area (Å²) in [5.41, 5.74) is 7.85. The molecule has 0 radical (unpaired) electrons. The van der Waals surface area contributed by atoms with Crippen molar-refractivity contribution in [2.24, 2.45) is 5.73 Å². The van der Waals surface area contributed by atoms with E-state index in [0.717, 1.165) is 22.8 Å². The Morgan fingerprint density at radius 1 is 1.17 bits per heavy atom. The summed E-state index contributed by atoms with van der Waals surface area (Å²) in [6, 6.07) is 13.1. The number of methoxy groups -OCH3 is 1. The lowest BCUT2D eigenvalue weighted by Gasteiger charge is -2.11. The van der Waals surface area contributed by atoms with Crippen molar-refractivity contribution in [3.05, 3.63) is 71.5 Å². The number of nitrogens with zero attached hydrogens (tertiary/aromatic N) is 1. The van der Waals surface area contributed by atoms with Crippen LogP contribution >= 0.6 is 0 Å². The molecule has 0 aliphatic heterocycles. The number of ether oxygens (including phenoxy) is 1. The van der Waals surface area contributed by atoms with Crippen LogP contribution in [0.2, 0.25) is 0 Å². The highest BCUT2D eigenvalue weighted by molar-refractivity contribution is 6.17. The Kier molecular flexibility index (Phi) is 4.35. The number of fused-ring (bicyclic) bond motifs is 1. The van der Waals surface area contributed by atoms with Gasteiger partial charge in [0, 0.05) is 23.3 Å². The molecule has 23 heavy (non-hydrogen) atoms. The molecular formula is C19H18N2O2. The Balaban J connectivity index is 2.09. The number of hydrogen-bond donors (Lipinski definition) is 1. The van der Waals surface area contributed by atoms with Gasteiger partial charge in [0.05, 0.1) is 12.7 Å². The van der Waals surface area contributed by atoms with Crippen molar-refractivity contribution in [2.75, 3.05) is 13.7 Å². The Morgan fingerprint density at radius 3 is 2.83 bits per heavy atom. The van der Waals surface area contributed by atoms with Crippen LogP contribution in [0.4, 0.5) is 0 Å². The first kappa shape index (κ1) is 15.2. The van der Waals surface area contributed by atoms with Crippen LogP contribution in [-0.2, 0) is 6.42 Å².